The van der Waals surface area contributed by atoms with Crippen LogP contribution in [0.25, 0.3) is 0 Å². The molecule has 2 rings (SSSR count). The summed E-state index contributed by atoms with van der Waals surface area (Å²) in [4.78, 5) is 0. The Morgan fingerprint density at radius 2 is 2.43 bits per heavy atom. The lowest BCUT2D eigenvalue weighted by molar-refractivity contribution is 0.369. The standard InChI is InChI=1S/C11H18N2O/c1-11(12,9-4-5-9)8-13-7-10-3-2-6-14-10/h2-3,6,9,13H,4-5,7-8,12H2,1H3. The third-order valence-electron chi connectivity index (χ3n) is 2.90. The van der Waals surface area contributed by atoms with Gasteiger partial charge < -0.3 is 15.5 Å². The van der Waals surface area contributed by atoms with Crippen LogP contribution in [0.4, 0.5) is 0 Å². The Morgan fingerprint density at radius 1 is 1.64 bits per heavy atom. The van der Waals surface area contributed by atoms with Gasteiger partial charge in [0, 0.05) is 12.1 Å². The Morgan fingerprint density at radius 3 is 3.00 bits per heavy atom. The summed E-state index contributed by atoms with van der Waals surface area (Å²) in [6.45, 7) is 3.75. The van der Waals surface area contributed by atoms with Crippen LogP contribution in [0.15, 0.2) is 22.8 Å². The molecule has 1 atom stereocenters. The van der Waals surface area contributed by atoms with Crippen LogP contribution in [0.2, 0.25) is 0 Å². The molecule has 1 aliphatic carbocycles. The monoisotopic (exact) mass is 194 g/mol. The third kappa shape index (κ3) is 2.36. The zero-order valence-electron chi connectivity index (χ0n) is 8.62. The zero-order valence-corrected chi connectivity index (χ0v) is 8.62. The molecule has 3 heteroatoms. The van der Waals surface area contributed by atoms with Crippen molar-refractivity contribution in [3.63, 3.8) is 0 Å². The smallest absolute Gasteiger partial charge is 0.117 e. The van der Waals surface area contributed by atoms with E-state index in [9.17, 15) is 0 Å². The van der Waals surface area contributed by atoms with Crippen molar-refractivity contribution >= 4 is 0 Å². The molecule has 0 spiro atoms. The van der Waals surface area contributed by atoms with E-state index in [0.717, 1.165) is 18.8 Å². The van der Waals surface area contributed by atoms with Crippen LogP contribution < -0.4 is 11.1 Å². The molecule has 1 fully saturated rings. The van der Waals surface area contributed by atoms with Gasteiger partial charge in [0.1, 0.15) is 5.76 Å². The summed E-state index contributed by atoms with van der Waals surface area (Å²) in [5.74, 6) is 1.68. The molecule has 78 valence electrons. The first-order chi connectivity index (χ1) is 6.68. The summed E-state index contributed by atoms with van der Waals surface area (Å²) < 4.78 is 5.22. The van der Waals surface area contributed by atoms with E-state index in [2.05, 4.69) is 12.2 Å². The van der Waals surface area contributed by atoms with E-state index >= 15 is 0 Å². The number of furan rings is 1. The van der Waals surface area contributed by atoms with Crippen LogP contribution in [0.3, 0.4) is 0 Å². The minimum absolute atomic E-state index is 0.0490. The molecular formula is C11H18N2O. The Hall–Kier alpha value is -0.800. The van der Waals surface area contributed by atoms with Crippen molar-refractivity contribution in [1.29, 1.82) is 0 Å². The van der Waals surface area contributed by atoms with Crippen molar-refractivity contribution in [3.05, 3.63) is 24.2 Å². The fraction of sp³-hybridized carbons (Fsp3) is 0.636. The maximum Gasteiger partial charge on any atom is 0.117 e. The largest absolute Gasteiger partial charge is 0.468 e. The highest BCUT2D eigenvalue weighted by Crippen LogP contribution is 2.37. The van der Waals surface area contributed by atoms with E-state index < -0.39 is 0 Å². The zero-order chi connectivity index (χ0) is 10.0. The highest BCUT2D eigenvalue weighted by molar-refractivity contribution is 5.00. The first-order valence-electron chi connectivity index (χ1n) is 5.20. The SMILES string of the molecule is CC(N)(CNCc1ccco1)C1CC1. The third-order valence-corrected chi connectivity index (χ3v) is 2.90. The highest BCUT2D eigenvalue weighted by atomic mass is 16.3. The Balaban J connectivity index is 1.72. The van der Waals surface area contributed by atoms with Crippen molar-refractivity contribution in [2.24, 2.45) is 11.7 Å². The fourth-order valence-electron chi connectivity index (χ4n) is 1.76. The van der Waals surface area contributed by atoms with Crippen molar-refractivity contribution < 1.29 is 4.42 Å². The average Bonchev–Trinajstić information content (AvgIpc) is 2.87. The second kappa shape index (κ2) is 3.75. The van der Waals surface area contributed by atoms with Crippen LogP contribution in [0.5, 0.6) is 0 Å². The van der Waals surface area contributed by atoms with E-state index in [1.54, 1.807) is 6.26 Å². The van der Waals surface area contributed by atoms with Gasteiger partial charge in [-0.3, -0.25) is 0 Å². The molecule has 0 amide bonds. The minimum atomic E-state index is -0.0490. The van der Waals surface area contributed by atoms with Crippen molar-refractivity contribution in [2.45, 2.75) is 31.8 Å². The van der Waals surface area contributed by atoms with Crippen molar-refractivity contribution in [3.8, 4) is 0 Å². The van der Waals surface area contributed by atoms with Gasteiger partial charge in [0.2, 0.25) is 0 Å². The first-order valence-corrected chi connectivity index (χ1v) is 5.20. The molecule has 1 unspecified atom stereocenters. The Labute approximate surface area is 84.7 Å². The molecule has 1 aromatic heterocycles. The van der Waals surface area contributed by atoms with E-state index in [4.69, 9.17) is 10.2 Å². The van der Waals surface area contributed by atoms with Crippen molar-refractivity contribution in [2.75, 3.05) is 6.54 Å². The first kappa shape index (κ1) is 9.74. The van der Waals surface area contributed by atoms with Gasteiger partial charge in [0.25, 0.3) is 0 Å². The molecule has 3 nitrogen and oxygen atoms in total. The van der Waals surface area contributed by atoms with Crippen LogP contribution in [-0.4, -0.2) is 12.1 Å². The number of hydrogen-bond donors (Lipinski definition) is 2. The number of nitrogens with one attached hydrogen (secondary N) is 1. The van der Waals surface area contributed by atoms with Gasteiger partial charge in [-0.25, -0.2) is 0 Å². The maximum absolute atomic E-state index is 6.17. The second-order valence-corrected chi connectivity index (χ2v) is 4.46. The predicted molar refractivity (Wildman–Crippen MR) is 55.7 cm³/mol. The van der Waals surface area contributed by atoms with E-state index in [1.807, 2.05) is 12.1 Å². The average molecular weight is 194 g/mol. The van der Waals surface area contributed by atoms with Crippen molar-refractivity contribution in [1.82, 2.24) is 5.32 Å². The molecule has 1 aliphatic rings. The maximum atomic E-state index is 6.17. The molecule has 0 bridgehead atoms. The van der Waals surface area contributed by atoms with Crippen LogP contribution in [-0.2, 0) is 6.54 Å². The van der Waals surface area contributed by atoms with E-state index in [1.165, 1.54) is 12.8 Å². The summed E-state index contributed by atoms with van der Waals surface area (Å²) in [6.07, 6.45) is 4.27. The summed E-state index contributed by atoms with van der Waals surface area (Å²) in [5.41, 5.74) is 6.12. The topological polar surface area (TPSA) is 51.2 Å². The molecule has 3 N–H and O–H groups in total. The van der Waals surface area contributed by atoms with Gasteiger partial charge in [-0.1, -0.05) is 0 Å². The predicted octanol–water partition coefficient (Wildman–Crippen LogP) is 1.50. The molecule has 0 aliphatic heterocycles. The lowest BCUT2D eigenvalue weighted by Gasteiger charge is -2.24. The second-order valence-electron chi connectivity index (χ2n) is 4.46. The fourth-order valence-corrected chi connectivity index (χ4v) is 1.76. The molecule has 0 radical (unpaired) electrons. The Kier molecular flexibility index (Phi) is 2.61. The van der Waals surface area contributed by atoms with E-state index in [-0.39, 0.29) is 5.54 Å². The highest BCUT2D eigenvalue weighted by Gasteiger charge is 2.37. The lowest BCUT2D eigenvalue weighted by atomic mass is 9.97. The summed E-state index contributed by atoms with van der Waals surface area (Å²) >= 11 is 0. The summed E-state index contributed by atoms with van der Waals surface area (Å²) in [7, 11) is 0. The van der Waals surface area contributed by atoms with Gasteiger partial charge in [-0.15, -0.1) is 0 Å². The number of hydrogen-bond acceptors (Lipinski definition) is 3. The molecule has 1 heterocycles. The molecule has 0 saturated heterocycles. The van der Waals surface area contributed by atoms with Crippen LogP contribution in [0, 0.1) is 5.92 Å². The summed E-state index contributed by atoms with van der Waals surface area (Å²) in [6, 6.07) is 3.87. The molecule has 1 saturated carbocycles. The number of rotatable bonds is 5. The van der Waals surface area contributed by atoms with Gasteiger partial charge in [0.15, 0.2) is 0 Å². The normalized spacial score (nSPS) is 20.7. The summed E-state index contributed by atoms with van der Waals surface area (Å²) in [5, 5.41) is 3.33. The van der Waals surface area contributed by atoms with Gasteiger partial charge in [-0.2, -0.15) is 0 Å². The van der Waals surface area contributed by atoms with Gasteiger partial charge in [-0.05, 0) is 37.8 Å². The van der Waals surface area contributed by atoms with Crippen LogP contribution in [0.1, 0.15) is 25.5 Å². The number of nitrogens with two attached hydrogens (primary N) is 1. The lowest BCUT2D eigenvalue weighted by Crippen LogP contribution is -2.47. The molecule has 1 aromatic rings. The molecular weight excluding hydrogens is 176 g/mol. The minimum Gasteiger partial charge on any atom is -0.468 e. The molecule has 0 aromatic carbocycles. The molecule has 14 heavy (non-hydrogen) atoms. The van der Waals surface area contributed by atoms with Gasteiger partial charge >= 0.3 is 0 Å². The van der Waals surface area contributed by atoms with E-state index in [0.29, 0.717) is 5.92 Å². The van der Waals surface area contributed by atoms with Gasteiger partial charge in [0.05, 0.1) is 12.8 Å². The quantitative estimate of drug-likeness (QED) is 0.746. The van der Waals surface area contributed by atoms with Crippen LogP contribution >= 0.6 is 0 Å². The Bertz CT molecular complexity index is 275.